The zero-order valence-corrected chi connectivity index (χ0v) is 20.2. The third-order valence-electron chi connectivity index (χ3n) is 4.70. The molecule has 0 saturated carbocycles. The highest BCUT2D eigenvalue weighted by molar-refractivity contribution is 7.21. The van der Waals surface area contributed by atoms with E-state index in [0.717, 1.165) is 10.1 Å². The van der Waals surface area contributed by atoms with Gasteiger partial charge in [-0.25, -0.2) is 10.2 Å². The Morgan fingerprint density at radius 3 is 2.35 bits per heavy atom. The Morgan fingerprint density at radius 1 is 0.971 bits per heavy atom. The summed E-state index contributed by atoms with van der Waals surface area (Å²) in [7, 11) is 0. The summed E-state index contributed by atoms with van der Waals surface area (Å²) in [6.07, 6.45) is 0.724. The van der Waals surface area contributed by atoms with E-state index in [9.17, 15) is 9.59 Å². The Kier molecular flexibility index (Phi) is 7.47. The van der Waals surface area contributed by atoms with E-state index < -0.39 is 18.0 Å². The molecule has 3 aromatic carbocycles. The highest BCUT2D eigenvalue weighted by Crippen LogP contribution is 2.35. The molecule has 0 fully saturated rings. The molecule has 0 aliphatic rings. The van der Waals surface area contributed by atoms with Crippen molar-refractivity contribution in [2.24, 2.45) is 5.10 Å². The smallest absolute Gasteiger partial charge is 0.355 e. The van der Waals surface area contributed by atoms with Crippen LogP contribution in [0.2, 0.25) is 10.0 Å². The number of carbonyl (C=O) groups excluding carboxylic acids is 2. The number of amides is 1. The molecule has 1 unspecified atom stereocenters. The highest BCUT2D eigenvalue weighted by atomic mass is 35.5. The maximum atomic E-state index is 12.6. The minimum Gasteiger partial charge on any atom is -0.481 e. The summed E-state index contributed by atoms with van der Waals surface area (Å²) in [4.78, 5) is 25.1. The molecule has 172 valence electrons. The average Bonchev–Trinajstić information content (AvgIpc) is 3.18. The van der Waals surface area contributed by atoms with Gasteiger partial charge < -0.3 is 9.47 Å². The standard InChI is InChI=1S/C25H18Cl2N2O4S/c1-15(32-18-12-8-17(26)9-13-18)24(30)29-28-14-16-6-10-19(11-7-16)33-25(31)23-22(27)20-4-2-3-5-21(20)34-23/h2-15H,1H3,(H,29,30)/b28-14+. The van der Waals surface area contributed by atoms with Gasteiger partial charge in [0, 0.05) is 15.1 Å². The summed E-state index contributed by atoms with van der Waals surface area (Å²) in [5.74, 6) is -0.0330. The lowest BCUT2D eigenvalue weighted by atomic mass is 10.2. The molecule has 0 aliphatic heterocycles. The lowest BCUT2D eigenvalue weighted by molar-refractivity contribution is -0.127. The zero-order valence-electron chi connectivity index (χ0n) is 17.8. The van der Waals surface area contributed by atoms with Gasteiger partial charge in [-0.05, 0) is 67.1 Å². The number of fused-ring (bicyclic) bond motifs is 1. The second-order valence-corrected chi connectivity index (χ2v) is 9.01. The third-order valence-corrected chi connectivity index (χ3v) is 6.60. The van der Waals surface area contributed by atoms with Gasteiger partial charge in [-0.3, -0.25) is 4.79 Å². The molecule has 4 rings (SSSR count). The molecule has 1 N–H and O–H groups in total. The van der Waals surface area contributed by atoms with Gasteiger partial charge in [0.1, 0.15) is 16.4 Å². The van der Waals surface area contributed by atoms with Crippen molar-refractivity contribution in [3.63, 3.8) is 0 Å². The number of benzene rings is 3. The number of hydrogen-bond acceptors (Lipinski definition) is 6. The maximum absolute atomic E-state index is 12.6. The highest BCUT2D eigenvalue weighted by Gasteiger charge is 2.19. The first-order valence-electron chi connectivity index (χ1n) is 10.1. The molecule has 6 nitrogen and oxygen atoms in total. The summed E-state index contributed by atoms with van der Waals surface area (Å²) in [6.45, 7) is 1.62. The van der Waals surface area contributed by atoms with Crippen LogP contribution in [0, 0.1) is 0 Å². The SMILES string of the molecule is CC(Oc1ccc(Cl)cc1)C(=O)N/N=C/c1ccc(OC(=O)c2sc3ccccc3c2Cl)cc1. The molecule has 0 radical (unpaired) electrons. The second-order valence-electron chi connectivity index (χ2n) is 7.15. The lowest BCUT2D eigenvalue weighted by Gasteiger charge is -2.12. The molecule has 1 atom stereocenters. The topological polar surface area (TPSA) is 77.0 Å². The fourth-order valence-electron chi connectivity index (χ4n) is 2.95. The predicted octanol–water partition coefficient (Wildman–Crippen LogP) is 6.34. The quantitative estimate of drug-likeness (QED) is 0.135. The Labute approximate surface area is 209 Å². The molecule has 0 aliphatic carbocycles. The van der Waals surface area contributed by atoms with Crippen molar-refractivity contribution in [2.75, 3.05) is 0 Å². The Bertz CT molecular complexity index is 1350. The fourth-order valence-corrected chi connectivity index (χ4v) is 4.46. The molecule has 0 saturated heterocycles. The lowest BCUT2D eigenvalue weighted by Crippen LogP contribution is -2.33. The maximum Gasteiger partial charge on any atom is 0.355 e. The van der Waals surface area contributed by atoms with Crippen molar-refractivity contribution in [2.45, 2.75) is 13.0 Å². The number of ether oxygens (including phenoxy) is 2. The number of rotatable bonds is 7. The fraction of sp³-hybridized carbons (Fsp3) is 0.0800. The second kappa shape index (κ2) is 10.7. The Morgan fingerprint density at radius 2 is 1.65 bits per heavy atom. The molecule has 0 bridgehead atoms. The van der Waals surface area contributed by atoms with Gasteiger partial charge in [0.25, 0.3) is 5.91 Å². The largest absolute Gasteiger partial charge is 0.481 e. The van der Waals surface area contributed by atoms with Gasteiger partial charge in [-0.2, -0.15) is 5.10 Å². The van der Waals surface area contributed by atoms with E-state index in [-0.39, 0.29) is 0 Å². The van der Waals surface area contributed by atoms with Crippen LogP contribution in [-0.4, -0.2) is 24.2 Å². The number of halogens is 2. The number of carbonyl (C=O) groups is 2. The van der Waals surface area contributed by atoms with Crippen LogP contribution in [0.4, 0.5) is 0 Å². The molecule has 1 amide bonds. The van der Waals surface area contributed by atoms with Crippen LogP contribution in [0.5, 0.6) is 11.5 Å². The molecular weight excluding hydrogens is 495 g/mol. The summed E-state index contributed by atoms with van der Waals surface area (Å²) in [5.41, 5.74) is 3.13. The molecule has 0 spiro atoms. The molecule has 4 aromatic rings. The third kappa shape index (κ3) is 5.75. The van der Waals surface area contributed by atoms with E-state index in [2.05, 4.69) is 10.5 Å². The average molecular weight is 513 g/mol. The number of hydrazone groups is 1. The summed E-state index contributed by atoms with van der Waals surface area (Å²) in [5, 5.41) is 5.74. The summed E-state index contributed by atoms with van der Waals surface area (Å²) < 4.78 is 11.9. The van der Waals surface area contributed by atoms with Gasteiger partial charge in [0.2, 0.25) is 0 Å². The minimum absolute atomic E-state index is 0.353. The van der Waals surface area contributed by atoms with Crippen LogP contribution in [0.3, 0.4) is 0 Å². The van der Waals surface area contributed by atoms with Crippen LogP contribution < -0.4 is 14.9 Å². The first kappa shape index (κ1) is 23.8. The Hall–Kier alpha value is -3.39. The van der Waals surface area contributed by atoms with Crippen molar-refractivity contribution in [1.29, 1.82) is 0 Å². The zero-order chi connectivity index (χ0) is 24.1. The number of hydrogen-bond donors (Lipinski definition) is 1. The van der Waals surface area contributed by atoms with Gasteiger partial charge in [0.15, 0.2) is 6.10 Å². The van der Waals surface area contributed by atoms with Crippen molar-refractivity contribution in [1.82, 2.24) is 5.43 Å². The molecular formula is C25H18Cl2N2O4S. The van der Waals surface area contributed by atoms with Crippen LogP contribution in [0.15, 0.2) is 77.9 Å². The molecule has 1 heterocycles. The monoisotopic (exact) mass is 512 g/mol. The molecule has 1 aromatic heterocycles. The minimum atomic E-state index is -0.749. The summed E-state index contributed by atoms with van der Waals surface area (Å²) in [6, 6.07) is 20.9. The Balaban J connectivity index is 1.31. The van der Waals surface area contributed by atoms with Crippen LogP contribution >= 0.6 is 34.5 Å². The first-order chi connectivity index (χ1) is 16.4. The van der Waals surface area contributed by atoms with Crippen molar-refractivity contribution in [3.8, 4) is 11.5 Å². The van der Waals surface area contributed by atoms with Crippen molar-refractivity contribution < 1.29 is 19.1 Å². The molecule has 9 heteroatoms. The normalized spacial score (nSPS) is 12.0. The number of nitrogens with zero attached hydrogens (tertiary/aromatic N) is 1. The van der Waals surface area contributed by atoms with Crippen LogP contribution in [-0.2, 0) is 4.79 Å². The van der Waals surface area contributed by atoms with Gasteiger partial charge in [-0.15, -0.1) is 11.3 Å². The number of nitrogens with one attached hydrogen (secondary N) is 1. The summed E-state index contributed by atoms with van der Waals surface area (Å²) >= 11 is 13.5. The number of esters is 1. The van der Waals surface area contributed by atoms with E-state index in [1.165, 1.54) is 17.6 Å². The van der Waals surface area contributed by atoms with Crippen LogP contribution in [0.25, 0.3) is 10.1 Å². The van der Waals surface area contributed by atoms with E-state index in [4.69, 9.17) is 32.7 Å². The van der Waals surface area contributed by atoms with Crippen LogP contribution in [0.1, 0.15) is 22.2 Å². The molecule has 34 heavy (non-hydrogen) atoms. The number of thiophene rings is 1. The van der Waals surface area contributed by atoms with Gasteiger partial charge in [0.05, 0.1) is 11.2 Å². The first-order valence-corrected chi connectivity index (χ1v) is 11.7. The van der Waals surface area contributed by atoms with Gasteiger partial charge >= 0.3 is 5.97 Å². The van der Waals surface area contributed by atoms with E-state index in [0.29, 0.717) is 32.0 Å². The van der Waals surface area contributed by atoms with Crippen molar-refractivity contribution >= 4 is 62.7 Å². The van der Waals surface area contributed by atoms with Gasteiger partial charge in [-0.1, -0.05) is 41.4 Å². The van der Waals surface area contributed by atoms with E-state index >= 15 is 0 Å². The van der Waals surface area contributed by atoms with E-state index in [1.807, 2.05) is 24.3 Å². The van der Waals surface area contributed by atoms with Crippen molar-refractivity contribution in [3.05, 3.63) is 93.3 Å². The predicted molar refractivity (Wildman–Crippen MR) is 136 cm³/mol. The van der Waals surface area contributed by atoms with E-state index in [1.54, 1.807) is 55.5 Å².